The zero-order chi connectivity index (χ0) is 10.1. The van der Waals surface area contributed by atoms with E-state index in [2.05, 4.69) is 5.10 Å². The van der Waals surface area contributed by atoms with Crippen LogP contribution in [0.3, 0.4) is 0 Å². The lowest BCUT2D eigenvalue weighted by molar-refractivity contribution is -0.147. The van der Waals surface area contributed by atoms with Gasteiger partial charge in [0.25, 0.3) is 0 Å². The predicted molar refractivity (Wildman–Crippen MR) is 48.1 cm³/mol. The number of hydrogen-bond donors (Lipinski definition) is 2. The Kier molecular flexibility index (Phi) is 2.27. The number of aromatic nitrogens is 2. The maximum atomic E-state index is 10.8. The molecule has 0 aromatic carbocycles. The summed E-state index contributed by atoms with van der Waals surface area (Å²) in [6, 6.07) is 0. The fourth-order valence-electron chi connectivity index (χ4n) is 0.939. The first-order valence-electron chi connectivity index (χ1n) is 3.93. The standard InChI is InChI=1S/C8H13N3O2/c1-8(2,7(12)13)5-11-4-6(9)3-10-11/h3-4H,5,9H2,1-2H3,(H,12,13). The van der Waals surface area contributed by atoms with Gasteiger partial charge in [-0.3, -0.25) is 9.48 Å². The largest absolute Gasteiger partial charge is 0.481 e. The highest BCUT2D eigenvalue weighted by Crippen LogP contribution is 2.18. The van der Waals surface area contributed by atoms with E-state index < -0.39 is 11.4 Å². The molecule has 0 unspecified atom stereocenters. The number of nitrogens with zero attached hydrogens (tertiary/aromatic N) is 2. The molecule has 0 fully saturated rings. The van der Waals surface area contributed by atoms with Crippen LogP contribution in [0.5, 0.6) is 0 Å². The molecule has 5 heteroatoms. The molecule has 0 aliphatic heterocycles. The second-order valence-electron chi connectivity index (χ2n) is 3.66. The van der Waals surface area contributed by atoms with Crippen molar-refractivity contribution in [3.63, 3.8) is 0 Å². The number of anilines is 1. The van der Waals surface area contributed by atoms with Crippen LogP contribution in [0.1, 0.15) is 13.8 Å². The third kappa shape index (κ3) is 2.21. The monoisotopic (exact) mass is 183 g/mol. The van der Waals surface area contributed by atoms with E-state index in [9.17, 15) is 4.79 Å². The van der Waals surface area contributed by atoms with Crippen molar-refractivity contribution in [3.8, 4) is 0 Å². The Hall–Kier alpha value is -1.52. The van der Waals surface area contributed by atoms with Crippen LogP contribution in [0.4, 0.5) is 5.69 Å². The van der Waals surface area contributed by atoms with Gasteiger partial charge in [-0.1, -0.05) is 0 Å². The highest BCUT2D eigenvalue weighted by atomic mass is 16.4. The van der Waals surface area contributed by atoms with Crippen molar-refractivity contribution < 1.29 is 9.90 Å². The van der Waals surface area contributed by atoms with Crippen LogP contribution >= 0.6 is 0 Å². The van der Waals surface area contributed by atoms with Crippen molar-refractivity contribution in [1.82, 2.24) is 9.78 Å². The Balaban J connectivity index is 2.74. The molecule has 1 rings (SSSR count). The van der Waals surface area contributed by atoms with Gasteiger partial charge >= 0.3 is 5.97 Å². The maximum Gasteiger partial charge on any atom is 0.310 e. The molecule has 0 bridgehead atoms. The second kappa shape index (κ2) is 3.08. The smallest absolute Gasteiger partial charge is 0.310 e. The van der Waals surface area contributed by atoms with E-state index in [1.165, 1.54) is 10.9 Å². The van der Waals surface area contributed by atoms with E-state index in [1.807, 2.05) is 0 Å². The van der Waals surface area contributed by atoms with Gasteiger partial charge in [0.15, 0.2) is 0 Å². The van der Waals surface area contributed by atoms with Gasteiger partial charge in [-0.25, -0.2) is 0 Å². The van der Waals surface area contributed by atoms with Crippen LogP contribution in [0.25, 0.3) is 0 Å². The molecular formula is C8H13N3O2. The van der Waals surface area contributed by atoms with Gasteiger partial charge in [0, 0.05) is 6.20 Å². The average Bonchev–Trinajstić information content (AvgIpc) is 2.34. The van der Waals surface area contributed by atoms with E-state index in [4.69, 9.17) is 10.8 Å². The first kappa shape index (κ1) is 9.57. The van der Waals surface area contributed by atoms with Gasteiger partial charge in [-0.05, 0) is 13.8 Å². The molecule has 1 aromatic heterocycles. The van der Waals surface area contributed by atoms with E-state index in [0.29, 0.717) is 12.2 Å². The molecule has 0 saturated carbocycles. The maximum absolute atomic E-state index is 10.8. The third-order valence-corrected chi connectivity index (χ3v) is 1.79. The molecule has 5 nitrogen and oxygen atoms in total. The van der Waals surface area contributed by atoms with E-state index in [0.717, 1.165) is 0 Å². The van der Waals surface area contributed by atoms with Crippen LogP contribution in [0.2, 0.25) is 0 Å². The van der Waals surface area contributed by atoms with Crippen molar-refractivity contribution in [2.45, 2.75) is 20.4 Å². The van der Waals surface area contributed by atoms with Gasteiger partial charge in [-0.2, -0.15) is 5.10 Å². The molecule has 13 heavy (non-hydrogen) atoms. The number of aliphatic carboxylic acids is 1. The number of nitrogen functional groups attached to an aromatic ring is 1. The van der Waals surface area contributed by atoms with Gasteiger partial charge in [0.2, 0.25) is 0 Å². The number of hydrogen-bond acceptors (Lipinski definition) is 3. The molecule has 0 aliphatic rings. The summed E-state index contributed by atoms with van der Waals surface area (Å²) in [7, 11) is 0. The lowest BCUT2D eigenvalue weighted by Crippen LogP contribution is -2.29. The minimum absolute atomic E-state index is 0.319. The molecule has 1 aromatic rings. The summed E-state index contributed by atoms with van der Waals surface area (Å²) in [5.74, 6) is -0.846. The predicted octanol–water partition coefficient (Wildman–Crippen LogP) is 0.576. The first-order valence-corrected chi connectivity index (χ1v) is 3.93. The summed E-state index contributed by atoms with van der Waals surface area (Å²) >= 11 is 0. The van der Waals surface area contributed by atoms with E-state index in [-0.39, 0.29) is 0 Å². The summed E-state index contributed by atoms with van der Waals surface area (Å²) in [5, 5.41) is 12.7. The number of carbonyl (C=O) groups is 1. The van der Waals surface area contributed by atoms with Crippen LogP contribution < -0.4 is 5.73 Å². The number of carboxylic acid groups (broad SMARTS) is 1. The lowest BCUT2D eigenvalue weighted by atomic mass is 9.94. The second-order valence-corrected chi connectivity index (χ2v) is 3.66. The zero-order valence-electron chi connectivity index (χ0n) is 7.69. The van der Waals surface area contributed by atoms with Gasteiger partial charge in [-0.15, -0.1) is 0 Å². The minimum Gasteiger partial charge on any atom is -0.481 e. The topological polar surface area (TPSA) is 81.1 Å². The van der Waals surface area contributed by atoms with Crippen molar-refractivity contribution in [2.24, 2.45) is 5.41 Å². The Morgan fingerprint density at radius 2 is 2.38 bits per heavy atom. The van der Waals surface area contributed by atoms with E-state index in [1.54, 1.807) is 20.0 Å². The highest BCUT2D eigenvalue weighted by molar-refractivity contribution is 5.73. The molecule has 0 aliphatic carbocycles. The molecule has 0 spiro atoms. The molecule has 3 N–H and O–H groups in total. The normalized spacial score (nSPS) is 11.5. The number of nitrogens with two attached hydrogens (primary N) is 1. The van der Waals surface area contributed by atoms with Crippen molar-refractivity contribution in [2.75, 3.05) is 5.73 Å². The molecule has 1 heterocycles. The SMILES string of the molecule is CC(C)(Cn1cc(N)cn1)C(=O)O. The van der Waals surface area contributed by atoms with Gasteiger partial charge < -0.3 is 10.8 Å². The highest BCUT2D eigenvalue weighted by Gasteiger charge is 2.27. The molecule has 0 atom stereocenters. The summed E-state index contributed by atoms with van der Waals surface area (Å²) in [4.78, 5) is 10.8. The number of rotatable bonds is 3. The van der Waals surface area contributed by atoms with E-state index >= 15 is 0 Å². The summed E-state index contributed by atoms with van der Waals surface area (Å²) < 4.78 is 1.53. The Morgan fingerprint density at radius 3 is 2.77 bits per heavy atom. The molecule has 0 saturated heterocycles. The Morgan fingerprint density at radius 1 is 1.77 bits per heavy atom. The lowest BCUT2D eigenvalue weighted by Gasteiger charge is -2.18. The molecule has 72 valence electrons. The average molecular weight is 183 g/mol. The quantitative estimate of drug-likeness (QED) is 0.718. The van der Waals surface area contributed by atoms with Crippen LogP contribution in [0.15, 0.2) is 12.4 Å². The van der Waals surface area contributed by atoms with Crippen LogP contribution in [-0.4, -0.2) is 20.9 Å². The molecule has 0 amide bonds. The first-order chi connectivity index (χ1) is 5.92. The Labute approximate surface area is 76.2 Å². The van der Waals surface area contributed by atoms with Crippen molar-refractivity contribution in [3.05, 3.63) is 12.4 Å². The zero-order valence-corrected chi connectivity index (χ0v) is 7.69. The number of carboxylic acids is 1. The third-order valence-electron chi connectivity index (χ3n) is 1.79. The fourth-order valence-corrected chi connectivity index (χ4v) is 0.939. The van der Waals surface area contributed by atoms with Crippen molar-refractivity contribution >= 4 is 11.7 Å². The van der Waals surface area contributed by atoms with Crippen molar-refractivity contribution in [1.29, 1.82) is 0 Å². The minimum atomic E-state index is -0.846. The Bertz CT molecular complexity index is 317. The molecule has 0 radical (unpaired) electrons. The fraction of sp³-hybridized carbons (Fsp3) is 0.500. The summed E-state index contributed by atoms with van der Waals surface area (Å²) in [5.41, 5.74) is 5.16. The van der Waals surface area contributed by atoms with Crippen LogP contribution in [0, 0.1) is 5.41 Å². The summed E-state index contributed by atoms with van der Waals surface area (Å²) in [6.07, 6.45) is 3.11. The van der Waals surface area contributed by atoms with Crippen LogP contribution in [-0.2, 0) is 11.3 Å². The van der Waals surface area contributed by atoms with Gasteiger partial charge in [0.1, 0.15) is 0 Å². The van der Waals surface area contributed by atoms with Gasteiger partial charge in [0.05, 0.1) is 23.8 Å². The summed E-state index contributed by atoms with van der Waals surface area (Å²) in [6.45, 7) is 3.61. The molecular weight excluding hydrogens is 170 g/mol.